The van der Waals surface area contributed by atoms with Gasteiger partial charge in [0.25, 0.3) is 11.8 Å². The average molecular weight is 528 g/mol. The average Bonchev–Trinajstić information content (AvgIpc) is 3.47. The Morgan fingerprint density at radius 3 is 2.76 bits per heavy atom. The fraction of sp³-hybridized carbons (Fsp3) is 0.500. The van der Waals surface area contributed by atoms with Gasteiger partial charge in [-0.05, 0) is 17.7 Å². The fourth-order valence-electron chi connectivity index (χ4n) is 4.69. The van der Waals surface area contributed by atoms with Gasteiger partial charge in [-0.3, -0.25) is 4.79 Å². The van der Waals surface area contributed by atoms with E-state index in [1.54, 1.807) is 38.2 Å². The van der Waals surface area contributed by atoms with Gasteiger partial charge in [0.2, 0.25) is 0 Å². The van der Waals surface area contributed by atoms with Crippen molar-refractivity contribution in [3.05, 3.63) is 30.6 Å². The minimum absolute atomic E-state index is 0.0621. The first-order chi connectivity index (χ1) is 18.6. The molecule has 12 heteroatoms. The molecule has 12 nitrogen and oxygen atoms in total. The molecule has 1 N–H and O–H groups in total. The number of nitrogens with one attached hydrogen (secondary N) is 1. The van der Waals surface area contributed by atoms with E-state index in [4.69, 9.17) is 33.4 Å². The number of nitrogens with zero attached hydrogens (tertiary/aromatic N) is 4. The summed E-state index contributed by atoms with van der Waals surface area (Å²) in [5, 5.41) is 7.93. The van der Waals surface area contributed by atoms with Gasteiger partial charge in [-0.25, -0.2) is 4.52 Å². The van der Waals surface area contributed by atoms with Crippen LogP contribution in [0.3, 0.4) is 0 Å². The molecular formula is C26H33N5O7. The summed E-state index contributed by atoms with van der Waals surface area (Å²) in [5.74, 6) is 1.39. The second kappa shape index (κ2) is 11.8. The van der Waals surface area contributed by atoms with Crippen LogP contribution in [-0.2, 0) is 19.0 Å². The first kappa shape index (κ1) is 26.0. The van der Waals surface area contributed by atoms with Gasteiger partial charge in [-0.1, -0.05) is 0 Å². The molecule has 5 rings (SSSR count). The van der Waals surface area contributed by atoms with E-state index in [1.807, 2.05) is 23.1 Å². The Bertz CT molecular complexity index is 1270. The summed E-state index contributed by atoms with van der Waals surface area (Å²) in [6, 6.07) is 5.66. The lowest BCUT2D eigenvalue weighted by molar-refractivity contribution is -0.138. The van der Waals surface area contributed by atoms with Crippen LogP contribution in [0.25, 0.3) is 16.8 Å². The van der Waals surface area contributed by atoms with E-state index in [-0.39, 0.29) is 18.6 Å². The number of anilines is 1. The number of methoxy groups -OCH3 is 3. The minimum Gasteiger partial charge on any atom is -0.497 e. The van der Waals surface area contributed by atoms with Gasteiger partial charge in [0.1, 0.15) is 25.1 Å². The Kier molecular flexibility index (Phi) is 8.11. The Morgan fingerprint density at radius 1 is 1.11 bits per heavy atom. The maximum Gasteiger partial charge on any atom is 0.260 e. The summed E-state index contributed by atoms with van der Waals surface area (Å²) in [6.07, 6.45) is 3.46. The number of aromatic nitrogens is 3. The van der Waals surface area contributed by atoms with Crippen LogP contribution in [-0.4, -0.2) is 105 Å². The molecule has 38 heavy (non-hydrogen) atoms. The summed E-state index contributed by atoms with van der Waals surface area (Å²) < 4.78 is 35.4. The van der Waals surface area contributed by atoms with Crippen LogP contribution in [0.1, 0.15) is 6.42 Å². The molecule has 1 saturated heterocycles. The molecule has 0 spiro atoms. The van der Waals surface area contributed by atoms with Crippen LogP contribution in [0.4, 0.5) is 5.69 Å². The second-order valence-electron chi connectivity index (χ2n) is 9.04. The summed E-state index contributed by atoms with van der Waals surface area (Å²) >= 11 is 0. The number of amides is 1. The van der Waals surface area contributed by atoms with Crippen LogP contribution >= 0.6 is 0 Å². The molecule has 0 unspecified atom stereocenters. The van der Waals surface area contributed by atoms with Crippen molar-refractivity contribution in [1.82, 2.24) is 19.5 Å². The van der Waals surface area contributed by atoms with Crippen LogP contribution in [0.15, 0.2) is 30.6 Å². The van der Waals surface area contributed by atoms with E-state index >= 15 is 0 Å². The molecule has 2 aliphatic rings. The lowest BCUT2D eigenvalue weighted by Gasteiger charge is -2.25. The standard InChI is InChI=1S/C26H33N5O7/c1-33-6-8-36-22-13-19-16-38-25-23(37-9-7-34-2)15-31-24(29-25)21(14-28-31)17-10-18(12-20(11-17)35-3)27-4-5-30(19)26(22)32/h10-12,14-15,19,22,27H,4-9,13,16H2,1-3H3/t19-,22+/m0/s1. The van der Waals surface area contributed by atoms with Gasteiger partial charge in [-0.2, -0.15) is 10.1 Å². The Labute approximate surface area is 220 Å². The van der Waals surface area contributed by atoms with Crippen molar-refractivity contribution in [2.24, 2.45) is 0 Å². The summed E-state index contributed by atoms with van der Waals surface area (Å²) in [6.45, 7) is 2.76. The molecule has 2 aromatic heterocycles. The molecule has 0 aliphatic carbocycles. The van der Waals surface area contributed by atoms with Crippen molar-refractivity contribution in [2.45, 2.75) is 18.6 Å². The highest BCUT2D eigenvalue weighted by Crippen LogP contribution is 2.34. The van der Waals surface area contributed by atoms with Crippen LogP contribution in [0.2, 0.25) is 0 Å². The number of benzene rings is 1. The Morgan fingerprint density at radius 2 is 1.95 bits per heavy atom. The molecule has 204 valence electrons. The number of hydrogen-bond acceptors (Lipinski definition) is 10. The molecule has 0 saturated carbocycles. The zero-order valence-corrected chi connectivity index (χ0v) is 21.8. The molecule has 3 aromatic rings. The van der Waals surface area contributed by atoms with Gasteiger partial charge in [0.15, 0.2) is 11.4 Å². The number of carbonyl (C=O) groups is 1. The first-order valence-electron chi connectivity index (χ1n) is 12.6. The normalized spacial score (nSPS) is 19.1. The van der Waals surface area contributed by atoms with Gasteiger partial charge < -0.3 is 38.6 Å². The number of ether oxygens (including phenoxy) is 6. The van der Waals surface area contributed by atoms with Crippen LogP contribution in [0, 0.1) is 0 Å². The second-order valence-corrected chi connectivity index (χ2v) is 9.04. The zero-order valence-electron chi connectivity index (χ0n) is 21.8. The highest BCUT2D eigenvalue weighted by atomic mass is 16.5. The summed E-state index contributed by atoms with van der Waals surface area (Å²) in [4.78, 5) is 19.9. The first-order valence-corrected chi connectivity index (χ1v) is 12.6. The number of carbonyl (C=O) groups excluding carboxylic acids is 1. The molecule has 4 heterocycles. The van der Waals surface area contributed by atoms with Crippen LogP contribution < -0.4 is 19.5 Å². The van der Waals surface area contributed by atoms with Gasteiger partial charge in [-0.15, -0.1) is 0 Å². The number of rotatable bonds is 9. The lowest BCUT2D eigenvalue weighted by Crippen LogP contribution is -2.41. The molecule has 1 fully saturated rings. The summed E-state index contributed by atoms with van der Waals surface area (Å²) in [7, 11) is 4.84. The molecule has 4 bridgehead atoms. The number of fused-ring (bicyclic) bond motifs is 5. The molecule has 2 aliphatic heterocycles. The van der Waals surface area contributed by atoms with E-state index < -0.39 is 6.10 Å². The summed E-state index contributed by atoms with van der Waals surface area (Å²) in [5.41, 5.74) is 3.17. The predicted molar refractivity (Wildman–Crippen MR) is 138 cm³/mol. The quantitative estimate of drug-likeness (QED) is 0.413. The minimum atomic E-state index is -0.549. The highest BCUT2D eigenvalue weighted by Gasteiger charge is 2.40. The zero-order chi connectivity index (χ0) is 26.5. The fourth-order valence-corrected chi connectivity index (χ4v) is 4.69. The topological polar surface area (TPSA) is 118 Å². The van der Waals surface area contributed by atoms with Gasteiger partial charge in [0.05, 0.1) is 45.4 Å². The van der Waals surface area contributed by atoms with Crippen molar-refractivity contribution in [3.8, 4) is 28.5 Å². The van der Waals surface area contributed by atoms with E-state index in [0.29, 0.717) is 69.0 Å². The van der Waals surface area contributed by atoms with Crippen molar-refractivity contribution in [2.75, 3.05) is 72.8 Å². The molecule has 1 amide bonds. The molecule has 1 aromatic carbocycles. The van der Waals surface area contributed by atoms with E-state index in [0.717, 1.165) is 16.8 Å². The monoisotopic (exact) mass is 527 g/mol. The Balaban J connectivity index is 1.52. The maximum absolute atomic E-state index is 13.2. The van der Waals surface area contributed by atoms with Crippen molar-refractivity contribution in [3.63, 3.8) is 0 Å². The lowest BCUT2D eigenvalue weighted by atomic mass is 10.1. The van der Waals surface area contributed by atoms with Gasteiger partial charge >= 0.3 is 0 Å². The van der Waals surface area contributed by atoms with Crippen LogP contribution in [0.5, 0.6) is 17.4 Å². The highest BCUT2D eigenvalue weighted by molar-refractivity contribution is 5.84. The third-order valence-corrected chi connectivity index (χ3v) is 6.61. The van der Waals surface area contributed by atoms with E-state index in [1.165, 1.54) is 0 Å². The van der Waals surface area contributed by atoms with Crippen molar-refractivity contribution >= 4 is 17.2 Å². The Hall–Kier alpha value is -3.61. The third kappa shape index (κ3) is 5.47. The van der Waals surface area contributed by atoms with E-state index in [2.05, 4.69) is 10.4 Å². The molecular weight excluding hydrogens is 494 g/mol. The largest absolute Gasteiger partial charge is 0.497 e. The molecule has 2 atom stereocenters. The van der Waals surface area contributed by atoms with Crippen molar-refractivity contribution in [1.29, 1.82) is 0 Å². The smallest absolute Gasteiger partial charge is 0.260 e. The van der Waals surface area contributed by atoms with Crippen molar-refractivity contribution < 1.29 is 33.2 Å². The SMILES string of the molecule is COCCOc1cn2ncc3c2nc1OC[C@@H]1C[C@@H](OCCOC)C(=O)N1CCNc1cc(OC)cc-3c1. The van der Waals surface area contributed by atoms with Gasteiger partial charge in [0, 0.05) is 51.0 Å². The maximum atomic E-state index is 13.2. The predicted octanol–water partition coefficient (Wildman–Crippen LogP) is 1.87. The number of hydrogen-bond donors (Lipinski definition) is 1. The molecule has 0 radical (unpaired) electrons. The third-order valence-electron chi connectivity index (χ3n) is 6.61. The van der Waals surface area contributed by atoms with E-state index in [9.17, 15) is 4.79 Å².